The van der Waals surface area contributed by atoms with Crippen molar-refractivity contribution in [3.05, 3.63) is 59.2 Å². The molecule has 22 heavy (non-hydrogen) atoms. The Balaban J connectivity index is 1.72. The van der Waals surface area contributed by atoms with E-state index in [2.05, 4.69) is 22.3 Å². The van der Waals surface area contributed by atoms with Crippen LogP contribution in [0.5, 0.6) is 0 Å². The van der Waals surface area contributed by atoms with E-state index in [4.69, 9.17) is 0 Å². The number of hydrogen-bond acceptors (Lipinski definition) is 2. The number of carbonyl (C=O) groups excluding carboxylic acids is 1. The Hall–Kier alpha value is -2.29. The normalized spacial score (nSPS) is 14.2. The first-order valence-corrected chi connectivity index (χ1v) is 7.87. The maximum Gasteiger partial charge on any atom is 0.255 e. The number of nitrogens with zero attached hydrogens (tertiary/aromatic N) is 1. The number of nitrogens with one attached hydrogen (secondary N) is 1. The molecule has 3 nitrogen and oxygen atoms in total. The fourth-order valence-corrected chi connectivity index (χ4v) is 2.91. The van der Waals surface area contributed by atoms with E-state index in [0.717, 1.165) is 35.5 Å². The van der Waals surface area contributed by atoms with Gasteiger partial charge in [0, 0.05) is 30.0 Å². The molecule has 0 radical (unpaired) electrons. The van der Waals surface area contributed by atoms with Crippen molar-refractivity contribution in [1.82, 2.24) is 0 Å². The molecule has 2 aromatic rings. The highest BCUT2D eigenvalue weighted by atomic mass is 16.1. The summed E-state index contributed by atoms with van der Waals surface area (Å²) in [5.74, 6) is -0.0462. The lowest BCUT2D eigenvalue weighted by Crippen LogP contribution is -2.17. The lowest BCUT2D eigenvalue weighted by molar-refractivity contribution is 0.102. The molecule has 0 bridgehead atoms. The maximum absolute atomic E-state index is 12.4. The summed E-state index contributed by atoms with van der Waals surface area (Å²) in [4.78, 5) is 14.8. The topological polar surface area (TPSA) is 32.3 Å². The molecule has 0 saturated carbocycles. The molecule has 1 heterocycles. The van der Waals surface area contributed by atoms with Crippen LogP contribution in [0.3, 0.4) is 0 Å². The van der Waals surface area contributed by atoms with Crippen LogP contribution in [0.4, 0.5) is 11.4 Å². The minimum Gasteiger partial charge on any atom is -0.372 e. The molecule has 0 aliphatic carbocycles. The van der Waals surface area contributed by atoms with Gasteiger partial charge in [0.2, 0.25) is 0 Å². The Morgan fingerprint density at radius 2 is 1.68 bits per heavy atom. The summed E-state index contributed by atoms with van der Waals surface area (Å²) in [7, 11) is 0. The summed E-state index contributed by atoms with van der Waals surface area (Å²) in [5, 5.41) is 2.99. The van der Waals surface area contributed by atoms with Crippen molar-refractivity contribution in [2.45, 2.75) is 26.7 Å². The van der Waals surface area contributed by atoms with Crippen LogP contribution >= 0.6 is 0 Å². The van der Waals surface area contributed by atoms with Gasteiger partial charge >= 0.3 is 0 Å². The van der Waals surface area contributed by atoms with Crippen LogP contribution in [0.15, 0.2) is 42.5 Å². The number of amides is 1. The summed E-state index contributed by atoms with van der Waals surface area (Å²) in [6.45, 7) is 6.23. The van der Waals surface area contributed by atoms with Crippen molar-refractivity contribution in [3.63, 3.8) is 0 Å². The molecule has 3 heteroatoms. The summed E-state index contributed by atoms with van der Waals surface area (Å²) >= 11 is 0. The van der Waals surface area contributed by atoms with E-state index in [-0.39, 0.29) is 5.91 Å². The third kappa shape index (κ3) is 3.14. The molecule has 3 rings (SSSR count). The van der Waals surface area contributed by atoms with Gasteiger partial charge in [-0.15, -0.1) is 0 Å². The Kier molecular flexibility index (Phi) is 4.14. The molecule has 0 spiro atoms. The fraction of sp³-hybridized carbons (Fsp3) is 0.316. The van der Waals surface area contributed by atoms with Gasteiger partial charge in [0.05, 0.1) is 0 Å². The number of benzene rings is 2. The van der Waals surface area contributed by atoms with Gasteiger partial charge in [-0.05, 0) is 62.6 Å². The summed E-state index contributed by atoms with van der Waals surface area (Å²) in [6.07, 6.45) is 2.54. The quantitative estimate of drug-likeness (QED) is 0.922. The van der Waals surface area contributed by atoms with Gasteiger partial charge < -0.3 is 10.2 Å². The Morgan fingerprint density at radius 3 is 2.36 bits per heavy atom. The zero-order valence-corrected chi connectivity index (χ0v) is 13.2. The zero-order chi connectivity index (χ0) is 15.5. The molecule has 1 saturated heterocycles. The third-order valence-electron chi connectivity index (χ3n) is 4.23. The largest absolute Gasteiger partial charge is 0.372 e. The average molecular weight is 294 g/mol. The van der Waals surface area contributed by atoms with Crippen LogP contribution in [-0.4, -0.2) is 19.0 Å². The van der Waals surface area contributed by atoms with Gasteiger partial charge in [-0.25, -0.2) is 0 Å². The maximum atomic E-state index is 12.4. The van der Waals surface area contributed by atoms with Crippen LogP contribution in [0, 0.1) is 13.8 Å². The van der Waals surface area contributed by atoms with Gasteiger partial charge in [0.25, 0.3) is 5.91 Å². The van der Waals surface area contributed by atoms with E-state index in [1.807, 2.05) is 44.2 Å². The standard InChI is InChI=1S/C19H22N2O/c1-14-5-6-15(2)18(13-14)19(22)20-16-7-9-17(10-8-16)21-11-3-4-12-21/h5-10,13H,3-4,11-12H2,1-2H3,(H,20,22). The number of anilines is 2. The van der Waals surface area contributed by atoms with E-state index in [0.29, 0.717) is 0 Å². The fourth-order valence-electron chi connectivity index (χ4n) is 2.91. The second-order valence-electron chi connectivity index (χ2n) is 6.01. The molecule has 1 fully saturated rings. The highest BCUT2D eigenvalue weighted by Gasteiger charge is 2.13. The van der Waals surface area contributed by atoms with E-state index >= 15 is 0 Å². The summed E-state index contributed by atoms with van der Waals surface area (Å²) in [5.41, 5.74) is 4.91. The SMILES string of the molecule is Cc1ccc(C)c(C(=O)Nc2ccc(N3CCCC3)cc2)c1. The third-order valence-corrected chi connectivity index (χ3v) is 4.23. The highest BCUT2D eigenvalue weighted by molar-refractivity contribution is 6.05. The van der Waals surface area contributed by atoms with Gasteiger partial charge in [-0.2, -0.15) is 0 Å². The van der Waals surface area contributed by atoms with Crippen molar-refractivity contribution in [3.8, 4) is 0 Å². The molecule has 2 aromatic carbocycles. The second kappa shape index (κ2) is 6.22. The van der Waals surface area contributed by atoms with E-state index in [9.17, 15) is 4.79 Å². The molecule has 0 aromatic heterocycles. The number of carbonyl (C=O) groups is 1. The Morgan fingerprint density at radius 1 is 1.00 bits per heavy atom. The minimum absolute atomic E-state index is 0.0462. The van der Waals surface area contributed by atoms with E-state index in [1.54, 1.807) is 0 Å². The molecule has 114 valence electrons. The first-order chi connectivity index (χ1) is 10.6. The molecule has 0 atom stereocenters. The minimum atomic E-state index is -0.0462. The lowest BCUT2D eigenvalue weighted by Gasteiger charge is -2.18. The molecule has 0 unspecified atom stereocenters. The predicted molar refractivity (Wildman–Crippen MR) is 91.8 cm³/mol. The Labute approximate surface area is 132 Å². The second-order valence-corrected chi connectivity index (χ2v) is 6.01. The van der Waals surface area contributed by atoms with Crippen molar-refractivity contribution in [1.29, 1.82) is 0 Å². The Bertz CT molecular complexity index is 670. The van der Waals surface area contributed by atoms with Crippen molar-refractivity contribution < 1.29 is 4.79 Å². The van der Waals surface area contributed by atoms with Crippen molar-refractivity contribution >= 4 is 17.3 Å². The van der Waals surface area contributed by atoms with Crippen LogP contribution < -0.4 is 10.2 Å². The number of aryl methyl sites for hydroxylation is 2. The number of hydrogen-bond donors (Lipinski definition) is 1. The summed E-state index contributed by atoms with van der Waals surface area (Å²) < 4.78 is 0. The van der Waals surface area contributed by atoms with Crippen LogP contribution in [0.25, 0.3) is 0 Å². The van der Waals surface area contributed by atoms with Crippen LogP contribution in [0.1, 0.15) is 34.3 Å². The molecule has 1 N–H and O–H groups in total. The number of rotatable bonds is 3. The van der Waals surface area contributed by atoms with Gasteiger partial charge in [0.1, 0.15) is 0 Å². The van der Waals surface area contributed by atoms with E-state index < -0.39 is 0 Å². The van der Waals surface area contributed by atoms with Gasteiger partial charge in [-0.3, -0.25) is 4.79 Å². The van der Waals surface area contributed by atoms with Gasteiger partial charge in [0.15, 0.2) is 0 Å². The molecular formula is C19H22N2O. The van der Waals surface area contributed by atoms with Crippen molar-refractivity contribution in [2.24, 2.45) is 0 Å². The summed E-state index contributed by atoms with van der Waals surface area (Å²) in [6, 6.07) is 14.1. The first kappa shape index (κ1) is 14.6. The van der Waals surface area contributed by atoms with Crippen LogP contribution in [0.2, 0.25) is 0 Å². The van der Waals surface area contributed by atoms with Gasteiger partial charge in [-0.1, -0.05) is 17.7 Å². The molecule has 1 amide bonds. The molecule has 1 aliphatic heterocycles. The smallest absolute Gasteiger partial charge is 0.255 e. The average Bonchev–Trinajstić information content (AvgIpc) is 3.05. The predicted octanol–water partition coefficient (Wildman–Crippen LogP) is 4.16. The van der Waals surface area contributed by atoms with E-state index in [1.165, 1.54) is 18.5 Å². The first-order valence-electron chi connectivity index (χ1n) is 7.87. The lowest BCUT2D eigenvalue weighted by atomic mass is 10.0. The van der Waals surface area contributed by atoms with Crippen molar-refractivity contribution in [2.75, 3.05) is 23.3 Å². The zero-order valence-electron chi connectivity index (χ0n) is 13.2. The van der Waals surface area contributed by atoms with Crippen LogP contribution in [-0.2, 0) is 0 Å². The monoisotopic (exact) mass is 294 g/mol. The molecule has 1 aliphatic rings. The highest BCUT2D eigenvalue weighted by Crippen LogP contribution is 2.22. The molecular weight excluding hydrogens is 272 g/mol.